The highest BCUT2D eigenvalue weighted by Gasteiger charge is 2.13. The summed E-state index contributed by atoms with van der Waals surface area (Å²) in [5, 5.41) is 11.9. The molecule has 1 saturated heterocycles. The van der Waals surface area contributed by atoms with Gasteiger partial charge in [-0.25, -0.2) is 0 Å². The van der Waals surface area contributed by atoms with Crippen molar-refractivity contribution in [1.29, 1.82) is 0 Å². The van der Waals surface area contributed by atoms with E-state index in [1.54, 1.807) is 10.9 Å². The lowest BCUT2D eigenvalue weighted by Gasteiger charge is -2.26. The highest BCUT2D eigenvalue weighted by molar-refractivity contribution is 5.87. The molecule has 0 atom stereocenters. The average molecular weight is 319 g/mol. The Bertz CT molecular complexity index is 649. The van der Waals surface area contributed by atoms with Crippen LogP contribution in [0.25, 0.3) is 11.0 Å². The highest BCUT2D eigenvalue weighted by atomic mass is 16.5. The predicted molar refractivity (Wildman–Crippen MR) is 90.8 cm³/mol. The summed E-state index contributed by atoms with van der Waals surface area (Å²) in [4.78, 5) is 11.6. The molecule has 0 aromatic carbocycles. The van der Waals surface area contributed by atoms with E-state index in [4.69, 9.17) is 4.74 Å². The molecule has 2 N–H and O–H groups in total. The molecule has 0 unspecified atom stereocenters. The number of anilines is 2. The molecular formula is C15H25N7O. The van der Waals surface area contributed by atoms with Gasteiger partial charge < -0.3 is 15.4 Å². The van der Waals surface area contributed by atoms with Gasteiger partial charge in [-0.15, -0.1) is 0 Å². The van der Waals surface area contributed by atoms with Crippen LogP contribution in [-0.4, -0.2) is 70.1 Å². The Morgan fingerprint density at radius 2 is 2.04 bits per heavy atom. The summed E-state index contributed by atoms with van der Waals surface area (Å²) < 4.78 is 7.14. The standard InChI is InChI=1S/C15H25N7O/c1-11(2)18-13-12-10-17-21(3)14(12)20-15(19-13)16-4-5-22-6-8-23-9-7-22/h10-11H,4-9H2,1-3H3,(H2,16,18,19,20). The van der Waals surface area contributed by atoms with E-state index in [-0.39, 0.29) is 0 Å². The maximum atomic E-state index is 5.36. The molecule has 8 heteroatoms. The van der Waals surface area contributed by atoms with Crippen LogP contribution in [0.5, 0.6) is 0 Å². The highest BCUT2D eigenvalue weighted by Crippen LogP contribution is 2.21. The molecule has 8 nitrogen and oxygen atoms in total. The third kappa shape index (κ3) is 3.89. The topological polar surface area (TPSA) is 80.1 Å². The average Bonchev–Trinajstić information content (AvgIpc) is 2.90. The predicted octanol–water partition coefficient (Wildman–Crippen LogP) is 0.928. The zero-order chi connectivity index (χ0) is 16.2. The van der Waals surface area contributed by atoms with Crippen LogP contribution in [0.1, 0.15) is 13.8 Å². The van der Waals surface area contributed by atoms with Gasteiger partial charge in [0.15, 0.2) is 5.65 Å². The van der Waals surface area contributed by atoms with Crippen molar-refractivity contribution >= 4 is 22.8 Å². The molecule has 0 bridgehead atoms. The summed E-state index contributed by atoms with van der Waals surface area (Å²) in [5.74, 6) is 1.46. The lowest BCUT2D eigenvalue weighted by molar-refractivity contribution is 0.0398. The van der Waals surface area contributed by atoms with Crippen LogP contribution in [0, 0.1) is 0 Å². The molecule has 3 heterocycles. The normalized spacial score (nSPS) is 16.2. The Kier molecular flexibility index (Phi) is 4.92. The molecule has 0 amide bonds. The van der Waals surface area contributed by atoms with Crippen molar-refractivity contribution in [2.45, 2.75) is 19.9 Å². The van der Waals surface area contributed by atoms with Crippen molar-refractivity contribution in [1.82, 2.24) is 24.6 Å². The second-order valence-electron chi connectivity index (χ2n) is 6.08. The van der Waals surface area contributed by atoms with E-state index in [0.29, 0.717) is 12.0 Å². The Hall–Kier alpha value is -1.93. The Morgan fingerprint density at radius 1 is 1.26 bits per heavy atom. The van der Waals surface area contributed by atoms with E-state index in [9.17, 15) is 0 Å². The molecule has 3 rings (SSSR count). The van der Waals surface area contributed by atoms with E-state index in [0.717, 1.165) is 56.2 Å². The largest absolute Gasteiger partial charge is 0.379 e. The van der Waals surface area contributed by atoms with E-state index in [2.05, 4.69) is 44.4 Å². The number of morpholine rings is 1. The van der Waals surface area contributed by atoms with Crippen LogP contribution in [-0.2, 0) is 11.8 Å². The molecule has 1 aliphatic heterocycles. The van der Waals surface area contributed by atoms with Crippen LogP contribution in [0.3, 0.4) is 0 Å². The fourth-order valence-electron chi connectivity index (χ4n) is 2.64. The molecule has 0 radical (unpaired) electrons. The third-order valence-electron chi connectivity index (χ3n) is 3.83. The van der Waals surface area contributed by atoms with Crippen molar-refractivity contribution in [2.75, 3.05) is 50.0 Å². The van der Waals surface area contributed by atoms with Gasteiger partial charge in [0, 0.05) is 39.3 Å². The van der Waals surface area contributed by atoms with Crippen LogP contribution >= 0.6 is 0 Å². The van der Waals surface area contributed by atoms with Gasteiger partial charge >= 0.3 is 0 Å². The molecule has 0 spiro atoms. The zero-order valence-corrected chi connectivity index (χ0v) is 14.0. The van der Waals surface area contributed by atoms with Gasteiger partial charge in [0.1, 0.15) is 5.82 Å². The Labute approximate surface area is 136 Å². The summed E-state index contributed by atoms with van der Waals surface area (Å²) >= 11 is 0. The van der Waals surface area contributed by atoms with Crippen molar-refractivity contribution in [3.05, 3.63) is 6.20 Å². The molecule has 1 fully saturated rings. The number of aromatic nitrogens is 4. The van der Waals surface area contributed by atoms with Gasteiger partial charge in [-0.1, -0.05) is 0 Å². The Balaban J connectivity index is 1.70. The van der Waals surface area contributed by atoms with Gasteiger partial charge in [-0.3, -0.25) is 9.58 Å². The minimum Gasteiger partial charge on any atom is -0.379 e. The third-order valence-corrected chi connectivity index (χ3v) is 3.83. The van der Waals surface area contributed by atoms with Gasteiger partial charge in [0.2, 0.25) is 5.95 Å². The second-order valence-corrected chi connectivity index (χ2v) is 6.08. The fourth-order valence-corrected chi connectivity index (χ4v) is 2.64. The van der Waals surface area contributed by atoms with Crippen molar-refractivity contribution < 1.29 is 4.74 Å². The number of aryl methyl sites for hydroxylation is 1. The van der Waals surface area contributed by atoms with Crippen LogP contribution in [0.15, 0.2) is 6.20 Å². The maximum Gasteiger partial charge on any atom is 0.226 e. The maximum absolute atomic E-state index is 5.36. The fraction of sp³-hybridized carbons (Fsp3) is 0.667. The monoisotopic (exact) mass is 319 g/mol. The van der Waals surface area contributed by atoms with Crippen molar-refractivity contribution in [3.63, 3.8) is 0 Å². The first-order valence-corrected chi connectivity index (χ1v) is 8.14. The SMILES string of the molecule is CC(C)Nc1nc(NCCN2CCOCC2)nc2c1cnn2C. The molecule has 126 valence electrons. The van der Waals surface area contributed by atoms with Crippen LogP contribution in [0.2, 0.25) is 0 Å². The lowest BCUT2D eigenvalue weighted by Crippen LogP contribution is -2.39. The van der Waals surface area contributed by atoms with E-state index in [1.165, 1.54) is 0 Å². The summed E-state index contributed by atoms with van der Waals surface area (Å²) in [6.45, 7) is 9.58. The summed E-state index contributed by atoms with van der Waals surface area (Å²) in [6, 6.07) is 0.300. The number of fused-ring (bicyclic) bond motifs is 1. The minimum atomic E-state index is 0.300. The van der Waals surface area contributed by atoms with Crippen molar-refractivity contribution in [2.24, 2.45) is 7.05 Å². The number of ether oxygens (including phenoxy) is 1. The molecule has 23 heavy (non-hydrogen) atoms. The molecular weight excluding hydrogens is 294 g/mol. The first-order valence-electron chi connectivity index (χ1n) is 8.14. The lowest BCUT2D eigenvalue weighted by atomic mass is 10.3. The molecule has 0 aliphatic carbocycles. The van der Waals surface area contributed by atoms with Gasteiger partial charge in [0.05, 0.1) is 24.8 Å². The second kappa shape index (κ2) is 7.10. The van der Waals surface area contributed by atoms with Crippen LogP contribution < -0.4 is 10.6 Å². The van der Waals surface area contributed by atoms with E-state index >= 15 is 0 Å². The van der Waals surface area contributed by atoms with Gasteiger partial charge in [-0.05, 0) is 13.8 Å². The van der Waals surface area contributed by atoms with Gasteiger partial charge in [-0.2, -0.15) is 15.1 Å². The summed E-state index contributed by atoms with van der Waals surface area (Å²) in [6.07, 6.45) is 1.80. The number of hydrogen-bond acceptors (Lipinski definition) is 7. The van der Waals surface area contributed by atoms with Crippen LogP contribution in [0.4, 0.5) is 11.8 Å². The van der Waals surface area contributed by atoms with Gasteiger partial charge in [0.25, 0.3) is 0 Å². The summed E-state index contributed by atoms with van der Waals surface area (Å²) in [5.41, 5.74) is 0.831. The quantitative estimate of drug-likeness (QED) is 0.820. The minimum absolute atomic E-state index is 0.300. The number of hydrogen-bond donors (Lipinski definition) is 2. The first kappa shape index (κ1) is 15.9. The number of rotatable bonds is 6. The summed E-state index contributed by atoms with van der Waals surface area (Å²) in [7, 11) is 1.89. The van der Waals surface area contributed by atoms with E-state index < -0.39 is 0 Å². The number of nitrogens with zero attached hydrogens (tertiary/aromatic N) is 5. The van der Waals surface area contributed by atoms with Crippen molar-refractivity contribution in [3.8, 4) is 0 Å². The molecule has 2 aromatic heterocycles. The Morgan fingerprint density at radius 3 is 2.78 bits per heavy atom. The first-order chi connectivity index (χ1) is 11.1. The molecule has 2 aromatic rings. The molecule has 1 aliphatic rings. The number of nitrogens with one attached hydrogen (secondary N) is 2. The van der Waals surface area contributed by atoms with E-state index in [1.807, 2.05) is 7.05 Å². The smallest absolute Gasteiger partial charge is 0.226 e. The molecule has 0 saturated carbocycles. The zero-order valence-electron chi connectivity index (χ0n) is 14.0.